The van der Waals surface area contributed by atoms with Gasteiger partial charge in [0, 0.05) is 10.4 Å². The Bertz CT molecular complexity index is 744. The molecule has 0 unspecified atom stereocenters. The summed E-state index contributed by atoms with van der Waals surface area (Å²) in [5, 5.41) is 5.48. The van der Waals surface area contributed by atoms with Crippen LogP contribution in [0.5, 0.6) is 0 Å². The average Bonchev–Trinajstić information content (AvgIpc) is 2.91. The van der Waals surface area contributed by atoms with E-state index in [9.17, 15) is 4.79 Å². The highest BCUT2D eigenvalue weighted by Gasteiger charge is 2.12. The number of rotatable bonds is 2. The van der Waals surface area contributed by atoms with Crippen molar-refractivity contribution in [2.45, 2.75) is 6.92 Å². The van der Waals surface area contributed by atoms with Crippen LogP contribution in [0.3, 0.4) is 0 Å². The number of anilines is 1. The van der Waals surface area contributed by atoms with Gasteiger partial charge in [-0.2, -0.15) is 0 Å². The maximum atomic E-state index is 12.2. The lowest BCUT2D eigenvalue weighted by molar-refractivity contribution is 0.102. The molecule has 3 N–H and O–H groups in total. The monoisotopic (exact) mass is 338 g/mol. The molecule has 0 spiro atoms. The van der Waals surface area contributed by atoms with E-state index in [1.165, 1.54) is 11.3 Å². The van der Waals surface area contributed by atoms with Gasteiger partial charge in [-0.3, -0.25) is 4.79 Å². The smallest absolute Gasteiger partial charge is 0.256 e. The molecule has 2 rings (SSSR count). The predicted molar refractivity (Wildman–Crippen MR) is 89.4 cm³/mol. The zero-order valence-electron chi connectivity index (χ0n) is 11.2. The zero-order valence-corrected chi connectivity index (χ0v) is 13.5. The molecule has 1 amide bonds. The fraction of sp³-hybridized carbons (Fsp3) is 0.133. The maximum Gasteiger partial charge on any atom is 0.256 e. The standard InChI is InChI=1S/C15H12Cl2N2OS/c1-9-5-13(17)14(7-12(9)16)19-15(20)10-6-11(21-8-10)3-2-4-18/h5-8H,4,18H2,1H3,(H,19,20). The van der Waals surface area contributed by atoms with Crippen molar-refractivity contribution in [3.63, 3.8) is 0 Å². The van der Waals surface area contributed by atoms with Crippen molar-refractivity contribution < 1.29 is 4.79 Å². The summed E-state index contributed by atoms with van der Waals surface area (Å²) < 4.78 is 0. The molecular formula is C15H12Cl2N2OS. The topological polar surface area (TPSA) is 55.1 Å². The van der Waals surface area contributed by atoms with E-state index in [4.69, 9.17) is 28.9 Å². The first-order valence-corrected chi connectivity index (χ1v) is 7.69. The molecule has 0 saturated heterocycles. The molecule has 6 heteroatoms. The summed E-state index contributed by atoms with van der Waals surface area (Å²) in [7, 11) is 0. The van der Waals surface area contributed by atoms with Crippen molar-refractivity contribution >= 4 is 46.1 Å². The Morgan fingerprint density at radius 3 is 2.81 bits per heavy atom. The maximum absolute atomic E-state index is 12.2. The van der Waals surface area contributed by atoms with Crippen molar-refractivity contribution in [1.82, 2.24) is 0 Å². The average molecular weight is 339 g/mol. The largest absolute Gasteiger partial charge is 0.321 e. The Labute approximate surface area is 137 Å². The van der Waals surface area contributed by atoms with Crippen LogP contribution in [0.1, 0.15) is 20.8 Å². The fourth-order valence-electron chi connectivity index (χ4n) is 1.60. The lowest BCUT2D eigenvalue weighted by Gasteiger charge is -2.08. The molecule has 0 atom stereocenters. The number of amides is 1. The summed E-state index contributed by atoms with van der Waals surface area (Å²) in [4.78, 5) is 13.0. The number of halogens is 2. The van der Waals surface area contributed by atoms with E-state index in [1.54, 1.807) is 23.6 Å². The Kier molecular flexibility index (Phi) is 5.27. The van der Waals surface area contributed by atoms with Gasteiger partial charge in [0.05, 0.1) is 27.7 Å². The number of hydrogen-bond donors (Lipinski definition) is 2. The first-order chi connectivity index (χ1) is 10.0. The molecule has 3 nitrogen and oxygen atoms in total. The second-order valence-electron chi connectivity index (χ2n) is 4.24. The first kappa shape index (κ1) is 15.9. The molecule has 1 aromatic heterocycles. The molecule has 1 aromatic carbocycles. The van der Waals surface area contributed by atoms with Crippen LogP contribution in [0, 0.1) is 18.8 Å². The van der Waals surface area contributed by atoms with E-state index >= 15 is 0 Å². The normalized spacial score (nSPS) is 9.90. The highest BCUT2D eigenvalue weighted by atomic mass is 35.5. The van der Waals surface area contributed by atoms with E-state index in [0.717, 1.165) is 10.4 Å². The number of carbonyl (C=O) groups excluding carboxylic acids is 1. The molecule has 0 radical (unpaired) electrons. The second kappa shape index (κ2) is 6.97. The van der Waals surface area contributed by atoms with E-state index in [0.29, 0.717) is 21.3 Å². The summed E-state index contributed by atoms with van der Waals surface area (Å²) in [6.45, 7) is 2.14. The molecule has 0 fully saturated rings. The molecule has 2 aromatic rings. The number of thiophene rings is 1. The number of carbonyl (C=O) groups is 1. The van der Waals surface area contributed by atoms with Crippen LogP contribution in [0.25, 0.3) is 0 Å². The molecule has 1 heterocycles. The minimum atomic E-state index is -0.256. The van der Waals surface area contributed by atoms with Crippen molar-refractivity contribution in [2.75, 3.05) is 11.9 Å². The Hall–Kier alpha value is -1.51. The summed E-state index contributed by atoms with van der Waals surface area (Å²) in [6, 6.07) is 5.07. The van der Waals surface area contributed by atoms with Crippen LogP contribution in [-0.4, -0.2) is 12.5 Å². The van der Waals surface area contributed by atoms with E-state index in [1.807, 2.05) is 6.92 Å². The fourth-order valence-corrected chi connectivity index (χ4v) is 2.78. The molecule has 0 saturated carbocycles. The second-order valence-corrected chi connectivity index (χ2v) is 5.97. The van der Waals surface area contributed by atoms with Crippen LogP contribution in [0.15, 0.2) is 23.6 Å². The van der Waals surface area contributed by atoms with Gasteiger partial charge >= 0.3 is 0 Å². The third kappa shape index (κ3) is 3.99. The van der Waals surface area contributed by atoms with Crippen molar-refractivity contribution in [3.8, 4) is 11.8 Å². The van der Waals surface area contributed by atoms with Crippen LogP contribution in [0.2, 0.25) is 10.0 Å². The van der Waals surface area contributed by atoms with Gasteiger partial charge < -0.3 is 11.1 Å². The Morgan fingerprint density at radius 1 is 1.33 bits per heavy atom. The minimum absolute atomic E-state index is 0.256. The highest BCUT2D eigenvalue weighted by Crippen LogP contribution is 2.29. The van der Waals surface area contributed by atoms with Gasteiger partial charge in [-0.15, -0.1) is 11.3 Å². The van der Waals surface area contributed by atoms with E-state index in [-0.39, 0.29) is 12.5 Å². The third-order valence-corrected chi connectivity index (χ3v) is 4.24. The number of aryl methyl sites for hydroxylation is 1. The summed E-state index contributed by atoms with van der Waals surface area (Å²) >= 11 is 13.5. The summed E-state index contributed by atoms with van der Waals surface area (Å²) in [6.07, 6.45) is 0. The SMILES string of the molecule is Cc1cc(Cl)c(NC(=O)c2csc(C#CCN)c2)cc1Cl. The van der Waals surface area contributed by atoms with Gasteiger partial charge in [0.15, 0.2) is 0 Å². The third-order valence-electron chi connectivity index (χ3n) is 2.67. The van der Waals surface area contributed by atoms with Crippen molar-refractivity contribution in [2.24, 2.45) is 5.73 Å². The number of hydrogen-bond acceptors (Lipinski definition) is 3. The first-order valence-electron chi connectivity index (χ1n) is 6.05. The van der Waals surface area contributed by atoms with Crippen LogP contribution < -0.4 is 11.1 Å². The van der Waals surface area contributed by atoms with Gasteiger partial charge in [-0.25, -0.2) is 0 Å². The summed E-state index contributed by atoms with van der Waals surface area (Å²) in [5.41, 5.74) is 7.18. The highest BCUT2D eigenvalue weighted by molar-refractivity contribution is 7.10. The molecule has 0 aliphatic carbocycles. The van der Waals surface area contributed by atoms with E-state index in [2.05, 4.69) is 17.2 Å². The lowest BCUT2D eigenvalue weighted by Crippen LogP contribution is -2.11. The van der Waals surface area contributed by atoms with Gasteiger partial charge in [0.1, 0.15) is 0 Å². The molecular weight excluding hydrogens is 327 g/mol. The Balaban J connectivity index is 2.18. The Morgan fingerprint density at radius 2 is 2.10 bits per heavy atom. The lowest BCUT2D eigenvalue weighted by atomic mass is 10.2. The number of nitrogens with one attached hydrogen (secondary N) is 1. The van der Waals surface area contributed by atoms with E-state index < -0.39 is 0 Å². The quantitative estimate of drug-likeness (QED) is 0.815. The van der Waals surface area contributed by atoms with Gasteiger partial charge in [-0.05, 0) is 30.7 Å². The van der Waals surface area contributed by atoms with Crippen LogP contribution in [-0.2, 0) is 0 Å². The molecule has 21 heavy (non-hydrogen) atoms. The molecule has 0 aliphatic heterocycles. The molecule has 0 bridgehead atoms. The predicted octanol–water partition coefficient (Wildman–Crippen LogP) is 3.93. The zero-order chi connectivity index (χ0) is 15.4. The number of benzene rings is 1. The molecule has 0 aliphatic rings. The van der Waals surface area contributed by atoms with Gasteiger partial charge in [-0.1, -0.05) is 35.0 Å². The van der Waals surface area contributed by atoms with Gasteiger partial charge in [0.25, 0.3) is 5.91 Å². The van der Waals surface area contributed by atoms with Gasteiger partial charge in [0.2, 0.25) is 0 Å². The van der Waals surface area contributed by atoms with Crippen molar-refractivity contribution in [1.29, 1.82) is 0 Å². The van der Waals surface area contributed by atoms with Crippen LogP contribution >= 0.6 is 34.5 Å². The molecule has 108 valence electrons. The van der Waals surface area contributed by atoms with Crippen LogP contribution in [0.4, 0.5) is 5.69 Å². The minimum Gasteiger partial charge on any atom is -0.321 e. The summed E-state index contributed by atoms with van der Waals surface area (Å²) in [5.74, 6) is 5.38. The van der Waals surface area contributed by atoms with Crippen molar-refractivity contribution in [3.05, 3.63) is 49.6 Å². The number of nitrogens with two attached hydrogens (primary N) is 1.